The molecule has 2 aliphatic rings. The molecule has 0 amide bonds. The van der Waals surface area contributed by atoms with Crippen molar-refractivity contribution >= 4 is 5.97 Å². The highest BCUT2D eigenvalue weighted by Gasteiger charge is 2.26. The van der Waals surface area contributed by atoms with Gasteiger partial charge in [-0.05, 0) is 62.9 Å². The third kappa shape index (κ3) is 4.27. The van der Waals surface area contributed by atoms with Crippen molar-refractivity contribution in [2.45, 2.75) is 58.5 Å². The first-order chi connectivity index (χ1) is 8.63. The van der Waals surface area contributed by atoms with Gasteiger partial charge in [0.2, 0.25) is 0 Å². The lowest BCUT2D eigenvalue weighted by molar-refractivity contribution is -0.152. The smallest absolute Gasteiger partial charge is 0.306 e. The van der Waals surface area contributed by atoms with Crippen molar-refractivity contribution in [2.24, 2.45) is 17.8 Å². The van der Waals surface area contributed by atoms with Crippen LogP contribution in [-0.4, -0.2) is 25.2 Å². The average Bonchev–Trinajstić information content (AvgIpc) is 2.77. The molecule has 0 aromatic heterocycles. The van der Waals surface area contributed by atoms with Crippen molar-refractivity contribution in [3.8, 4) is 0 Å². The summed E-state index contributed by atoms with van der Waals surface area (Å²) in [4.78, 5) is 11.8. The molecule has 1 aliphatic heterocycles. The van der Waals surface area contributed by atoms with Gasteiger partial charge < -0.3 is 10.1 Å². The number of carbonyl (C=O) groups excluding carboxylic acids is 1. The zero-order valence-electron chi connectivity index (χ0n) is 11.8. The van der Waals surface area contributed by atoms with Crippen molar-refractivity contribution in [2.75, 3.05) is 13.1 Å². The lowest BCUT2D eigenvalue weighted by atomic mass is 9.82. The Hall–Kier alpha value is -0.570. The molecule has 1 saturated carbocycles. The molecule has 0 bridgehead atoms. The molecule has 3 heteroatoms. The van der Waals surface area contributed by atoms with Crippen molar-refractivity contribution in [1.82, 2.24) is 5.32 Å². The molecule has 1 saturated heterocycles. The Morgan fingerprint density at radius 1 is 1.22 bits per heavy atom. The maximum Gasteiger partial charge on any atom is 0.306 e. The van der Waals surface area contributed by atoms with E-state index in [9.17, 15) is 4.79 Å². The molecule has 2 rings (SSSR count). The highest BCUT2D eigenvalue weighted by atomic mass is 16.5. The van der Waals surface area contributed by atoms with E-state index in [0.29, 0.717) is 24.2 Å². The van der Waals surface area contributed by atoms with E-state index in [2.05, 4.69) is 19.2 Å². The van der Waals surface area contributed by atoms with Gasteiger partial charge in [0, 0.05) is 6.42 Å². The van der Waals surface area contributed by atoms with Crippen LogP contribution in [0.5, 0.6) is 0 Å². The number of rotatable bonds is 4. The van der Waals surface area contributed by atoms with E-state index in [-0.39, 0.29) is 12.1 Å². The molecule has 1 aliphatic carbocycles. The number of esters is 1. The fourth-order valence-corrected chi connectivity index (χ4v) is 3.50. The standard InChI is InChI=1S/C15H27NO2/c1-11-7-12(2)9-14(8-11)18-15(17)4-3-13-5-6-16-10-13/h11-14,16H,3-10H2,1-2H3. The predicted molar refractivity (Wildman–Crippen MR) is 72.3 cm³/mol. The van der Waals surface area contributed by atoms with Crippen LogP contribution in [0.15, 0.2) is 0 Å². The minimum atomic E-state index is 0.0215. The van der Waals surface area contributed by atoms with Crippen molar-refractivity contribution in [3.05, 3.63) is 0 Å². The first-order valence-corrected chi connectivity index (χ1v) is 7.53. The minimum absolute atomic E-state index is 0.0215. The van der Waals surface area contributed by atoms with E-state index in [1.807, 2.05) is 0 Å². The molecule has 0 spiro atoms. The third-order valence-electron chi connectivity index (χ3n) is 4.35. The summed E-state index contributed by atoms with van der Waals surface area (Å²) in [6.07, 6.45) is 6.38. The summed E-state index contributed by atoms with van der Waals surface area (Å²) in [5, 5.41) is 3.34. The molecule has 0 aromatic carbocycles. The molecule has 3 nitrogen and oxygen atoms in total. The Morgan fingerprint density at radius 2 is 1.94 bits per heavy atom. The summed E-state index contributed by atoms with van der Waals surface area (Å²) >= 11 is 0. The van der Waals surface area contributed by atoms with Crippen LogP contribution in [0.2, 0.25) is 0 Å². The summed E-state index contributed by atoms with van der Waals surface area (Å²) in [7, 11) is 0. The highest BCUT2D eigenvalue weighted by Crippen LogP contribution is 2.30. The normalized spacial score (nSPS) is 36.6. The number of ether oxygens (including phenoxy) is 1. The summed E-state index contributed by atoms with van der Waals surface area (Å²) < 4.78 is 5.63. The van der Waals surface area contributed by atoms with Crippen LogP contribution in [-0.2, 0) is 9.53 Å². The van der Waals surface area contributed by atoms with Crippen LogP contribution in [0.1, 0.15) is 52.4 Å². The van der Waals surface area contributed by atoms with Gasteiger partial charge >= 0.3 is 5.97 Å². The van der Waals surface area contributed by atoms with E-state index >= 15 is 0 Å². The van der Waals surface area contributed by atoms with Crippen molar-refractivity contribution in [1.29, 1.82) is 0 Å². The number of hydrogen-bond donors (Lipinski definition) is 1. The van der Waals surface area contributed by atoms with Gasteiger partial charge in [0.1, 0.15) is 6.10 Å². The van der Waals surface area contributed by atoms with Crippen LogP contribution in [0.25, 0.3) is 0 Å². The van der Waals surface area contributed by atoms with Crippen molar-refractivity contribution in [3.63, 3.8) is 0 Å². The van der Waals surface area contributed by atoms with Gasteiger partial charge in [0.25, 0.3) is 0 Å². The number of nitrogens with one attached hydrogen (secondary N) is 1. The predicted octanol–water partition coefficient (Wildman–Crippen LogP) is 2.74. The second-order valence-corrected chi connectivity index (χ2v) is 6.43. The van der Waals surface area contributed by atoms with Crippen LogP contribution in [0, 0.1) is 17.8 Å². The summed E-state index contributed by atoms with van der Waals surface area (Å²) in [5.41, 5.74) is 0. The Kier molecular flexibility index (Phi) is 5.04. The van der Waals surface area contributed by atoms with Gasteiger partial charge in [-0.15, -0.1) is 0 Å². The van der Waals surface area contributed by atoms with Gasteiger partial charge in [0.05, 0.1) is 0 Å². The lowest BCUT2D eigenvalue weighted by Crippen LogP contribution is -2.28. The number of carbonyl (C=O) groups is 1. The van der Waals surface area contributed by atoms with Crippen LogP contribution in [0.3, 0.4) is 0 Å². The zero-order valence-corrected chi connectivity index (χ0v) is 11.8. The molecule has 3 atom stereocenters. The molecular formula is C15H27NO2. The first-order valence-electron chi connectivity index (χ1n) is 7.53. The van der Waals surface area contributed by atoms with Gasteiger partial charge in [0.15, 0.2) is 0 Å². The number of hydrogen-bond acceptors (Lipinski definition) is 3. The van der Waals surface area contributed by atoms with Crippen LogP contribution < -0.4 is 5.32 Å². The molecule has 0 radical (unpaired) electrons. The van der Waals surface area contributed by atoms with E-state index in [1.54, 1.807) is 0 Å². The molecule has 3 unspecified atom stereocenters. The SMILES string of the molecule is CC1CC(C)CC(OC(=O)CCC2CCNC2)C1. The molecule has 0 aromatic rings. The highest BCUT2D eigenvalue weighted by molar-refractivity contribution is 5.69. The molecule has 1 heterocycles. The van der Waals surface area contributed by atoms with Crippen LogP contribution in [0.4, 0.5) is 0 Å². The molecule has 1 N–H and O–H groups in total. The monoisotopic (exact) mass is 253 g/mol. The topological polar surface area (TPSA) is 38.3 Å². The Morgan fingerprint density at radius 3 is 2.56 bits per heavy atom. The Balaban J connectivity index is 1.66. The second-order valence-electron chi connectivity index (χ2n) is 6.43. The van der Waals surface area contributed by atoms with Crippen LogP contribution >= 0.6 is 0 Å². The third-order valence-corrected chi connectivity index (χ3v) is 4.35. The Bertz CT molecular complexity index is 264. The van der Waals surface area contributed by atoms with E-state index < -0.39 is 0 Å². The summed E-state index contributed by atoms with van der Waals surface area (Å²) in [6, 6.07) is 0. The fraction of sp³-hybridized carbons (Fsp3) is 0.933. The van der Waals surface area contributed by atoms with Crippen molar-refractivity contribution < 1.29 is 9.53 Å². The maximum absolute atomic E-state index is 11.8. The quantitative estimate of drug-likeness (QED) is 0.783. The van der Waals surface area contributed by atoms with E-state index in [0.717, 1.165) is 32.4 Å². The maximum atomic E-state index is 11.8. The minimum Gasteiger partial charge on any atom is -0.462 e. The summed E-state index contributed by atoms with van der Waals surface area (Å²) in [6.45, 7) is 6.71. The second kappa shape index (κ2) is 6.55. The van der Waals surface area contributed by atoms with Gasteiger partial charge in [-0.2, -0.15) is 0 Å². The Labute approximate surface area is 111 Å². The van der Waals surface area contributed by atoms with Gasteiger partial charge in [-0.1, -0.05) is 13.8 Å². The first kappa shape index (κ1) is 13.9. The lowest BCUT2D eigenvalue weighted by Gasteiger charge is -2.31. The largest absolute Gasteiger partial charge is 0.462 e. The average molecular weight is 253 g/mol. The summed E-state index contributed by atoms with van der Waals surface area (Å²) in [5.74, 6) is 2.10. The molecule has 104 valence electrons. The molecular weight excluding hydrogens is 226 g/mol. The van der Waals surface area contributed by atoms with Gasteiger partial charge in [-0.3, -0.25) is 4.79 Å². The van der Waals surface area contributed by atoms with E-state index in [1.165, 1.54) is 12.8 Å². The molecule has 2 fully saturated rings. The van der Waals surface area contributed by atoms with E-state index in [4.69, 9.17) is 4.74 Å². The molecule has 18 heavy (non-hydrogen) atoms. The fourth-order valence-electron chi connectivity index (χ4n) is 3.50. The zero-order chi connectivity index (χ0) is 13.0. The van der Waals surface area contributed by atoms with Gasteiger partial charge in [-0.25, -0.2) is 0 Å².